The van der Waals surface area contributed by atoms with Crippen molar-refractivity contribution in [1.82, 2.24) is 0 Å². The minimum atomic E-state index is -1.71. The van der Waals surface area contributed by atoms with Gasteiger partial charge in [-0.25, -0.2) is 0 Å². The second-order valence-corrected chi connectivity index (χ2v) is 18.7. The number of hydrogen-bond donors (Lipinski definition) is 7. The zero-order valence-electron chi connectivity index (χ0n) is 41.2. The zero-order chi connectivity index (χ0) is 48.0. The van der Waals surface area contributed by atoms with E-state index in [1.807, 2.05) is 0 Å². The molecule has 0 aromatic heterocycles. The van der Waals surface area contributed by atoms with Crippen molar-refractivity contribution in [3.05, 3.63) is 24.3 Å². The van der Waals surface area contributed by atoms with Crippen molar-refractivity contribution >= 4 is 5.97 Å². The Hall–Kier alpha value is -1.53. The Morgan fingerprint density at radius 3 is 1.52 bits per heavy atom. The Morgan fingerprint density at radius 2 is 0.970 bits per heavy atom. The maximum absolute atomic E-state index is 13.0. The number of hydrogen-bond acceptors (Lipinski definition) is 14. The number of carbonyl (C=O) groups is 1. The Labute approximate surface area is 398 Å². The summed E-state index contributed by atoms with van der Waals surface area (Å²) >= 11 is 0. The van der Waals surface area contributed by atoms with Crippen LogP contribution in [0.2, 0.25) is 0 Å². The lowest BCUT2D eigenvalue weighted by Crippen LogP contribution is -2.61. The van der Waals surface area contributed by atoms with Crippen LogP contribution in [0.1, 0.15) is 200 Å². The maximum atomic E-state index is 13.0. The molecule has 0 bridgehead atoms. The molecule has 0 aliphatic carbocycles. The predicted octanol–water partition coefficient (Wildman–Crippen LogP) is 8.02. The molecule has 0 aromatic carbocycles. The fourth-order valence-corrected chi connectivity index (χ4v) is 8.38. The average molecular weight is 945 g/mol. The van der Waals surface area contributed by atoms with E-state index in [-0.39, 0.29) is 25.6 Å². The van der Waals surface area contributed by atoms with E-state index < -0.39 is 80.7 Å². The Kier molecular flexibility index (Phi) is 36.9. The number of allylic oxidation sites excluding steroid dienone is 4. The first-order valence-corrected chi connectivity index (χ1v) is 26.4. The van der Waals surface area contributed by atoms with Gasteiger partial charge in [-0.15, -0.1) is 0 Å². The molecule has 11 atom stereocenters. The van der Waals surface area contributed by atoms with Gasteiger partial charge in [0.1, 0.15) is 54.9 Å². The molecule has 2 fully saturated rings. The number of ether oxygens (including phenoxy) is 6. The number of aliphatic hydroxyl groups is 7. The minimum absolute atomic E-state index is 0.0580. The van der Waals surface area contributed by atoms with E-state index in [0.29, 0.717) is 13.0 Å². The molecule has 0 aromatic rings. The van der Waals surface area contributed by atoms with E-state index >= 15 is 0 Å². The van der Waals surface area contributed by atoms with Crippen LogP contribution in [0, 0.1) is 0 Å². The molecular weight excluding hydrogens is 849 g/mol. The molecule has 0 saturated carbocycles. The molecule has 14 heteroatoms. The molecule has 0 amide bonds. The van der Waals surface area contributed by atoms with Crippen molar-refractivity contribution in [2.45, 2.75) is 268 Å². The van der Waals surface area contributed by atoms with Gasteiger partial charge in [-0.2, -0.15) is 0 Å². The van der Waals surface area contributed by atoms with Gasteiger partial charge in [0.05, 0.1) is 26.4 Å². The van der Waals surface area contributed by atoms with Gasteiger partial charge in [0.25, 0.3) is 0 Å². The summed E-state index contributed by atoms with van der Waals surface area (Å²) in [5, 5.41) is 72.1. The van der Waals surface area contributed by atoms with E-state index in [1.54, 1.807) is 0 Å². The van der Waals surface area contributed by atoms with Crippen molar-refractivity contribution in [2.75, 3.05) is 33.0 Å². The summed E-state index contributed by atoms with van der Waals surface area (Å²) in [6.45, 7) is 3.63. The second kappa shape index (κ2) is 40.2. The van der Waals surface area contributed by atoms with Gasteiger partial charge < -0.3 is 64.2 Å². The molecule has 2 rings (SSSR count). The van der Waals surface area contributed by atoms with Crippen molar-refractivity contribution in [2.24, 2.45) is 0 Å². The molecule has 2 aliphatic rings. The van der Waals surface area contributed by atoms with Crippen molar-refractivity contribution in [3.63, 3.8) is 0 Å². The molecule has 14 nitrogen and oxygen atoms in total. The van der Waals surface area contributed by atoms with Gasteiger partial charge in [-0.3, -0.25) is 4.79 Å². The van der Waals surface area contributed by atoms with Gasteiger partial charge >= 0.3 is 5.97 Å². The molecule has 66 heavy (non-hydrogen) atoms. The lowest BCUT2D eigenvalue weighted by molar-refractivity contribution is -0.332. The van der Waals surface area contributed by atoms with Crippen LogP contribution >= 0.6 is 0 Å². The topological polar surface area (TPSA) is 214 Å². The molecule has 7 N–H and O–H groups in total. The SMILES string of the molecule is CCC/C=C\C/C=C\CCCCCCCCOCC(COC1OC(COC2OC(CO)C(O)C(O)C2O)C(O)C(O)C1O)OC(=O)CCCCCCCCCCCCCCCCCCCC. The first-order chi connectivity index (χ1) is 32.1. The van der Waals surface area contributed by atoms with Gasteiger partial charge in [0.2, 0.25) is 0 Å². The summed E-state index contributed by atoms with van der Waals surface area (Å²) < 4.78 is 34.3. The molecule has 11 unspecified atom stereocenters. The highest BCUT2D eigenvalue weighted by molar-refractivity contribution is 5.69. The van der Waals surface area contributed by atoms with Crippen LogP contribution in [0.5, 0.6) is 0 Å². The maximum Gasteiger partial charge on any atom is 0.306 e. The third-order valence-corrected chi connectivity index (χ3v) is 12.7. The summed E-state index contributed by atoms with van der Waals surface area (Å²) in [5.74, 6) is -0.377. The third-order valence-electron chi connectivity index (χ3n) is 12.7. The first-order valence-electron chi connectivity index (χ1n) is 26.4. The number of carbonyl (C=O) groups excluding carboxylic acids is 1. The molecule has 2 aliphatic heterocycles. The minimum Gasteiger partial charge on any atom is -0.457 e. The Balaban J connectivity index is 1.75. The van der Waals surface area contributed by atoms with E-state index in [2.05, 4.69) is 38.2 Å². The summed E-state index contributed by atoms with van der Waals surface area (Å²) in [4.78, 5) is 13.0. The van der Waals surface area contributed by atoms with Gasteiger partial charge in [0.15, 0.2) is 12.6 Å². The first kappa shape index (κ1) is 60.6. The molecule has 0 radical (unpaired) electrons. The number of rotatable bonds is 42. The van der Waals surface area contributed by atoms with Crippen LogP contribution in [0.15, 0.2) is 24.3 Å². The van der Waals surface area contributed by atoms with Crippen molar-refractivity contribution < 1.29 is 69.0 Å². The van der Waals surface area contributed by atoms with Crippen molar-refractivity contribution in [3.8, 4) is 0 Å². The highest BCUT2D eigenvalue weighted by Gasteiger charge is 2.47. The van der Waals surface area contributed by atoms with E-state index in [9.17, 15) is 40.5 Å². The molecule has 388 valence electrons. The fourth-order valence-electron chi connectivity index (χ4n) is 8.38. The largest absolute Gasteiger partial charge is 0.457 e. The van der Waals surface area contributed by atoms with Gasteiger partial charge in [-0.1, -0.05) is 179 Å². The van der Waals surface area contributed by atoms with Crippen molar-refractivity contribution in [1.29, 1.82) is 0 Å². The van der Waals surface area contributed by atoms with Gasteiger partial charge in [0, 0.05) is 13.0 Å². The molecular formula is C52H96O14. The van der Waals surface area contributed by atoms with E-state index in [4.69, 9.17) is 28.4 Å². The van der Waals surface area contributed by atoms with Crippen LogP contribution in [0.4, 0.5) is 0 Å². The highest BCUT2D eigenvalue weighted by Crippen LogP contribution is 2.26. The predicted molar refractivity (Wildman–Crippen MR) is 257 cm³/mol. The zero-order valence-corrected chi connectivity index (χ0v) is 41.2. The molecule has 2 heterocycles. The second-order valence-electron chi connectivity index (χ2n) is 18.7. The van der Waals surface area contributed by atoms with Crippen LogP contribution in [0.3, 0.4) is 0 Å². The number of esters is 1. The number of aliphatic hydroxyl groups excluding tert-OH is 7. The number of unbranched alkanes of at least 4 members (excludes halogenated alkanes) is 24. The van der Waals surface area contributed by atoms with Gasteiger partial charge in [-0.05, 0) is 38.5 Å². The van der Waals surface area contributed by atoms with E-state index in [0.717, 1.165) is 64.2 Å². The van der Waals surface area contributed by atoms with Crippen LogP contribution in [0.25, 0.3) is 0 Å². The quantitative estimate of drug-likeness (QED) is 0.0175. The average Bonchev–Trinajstić information content (AvgIpc) is 3.31. The van der Waals surface area contributed by atoms with Crippen LogP contribution in [-0.2, 0) is 33.2 Å². The van der Waals surface area contributed by atoms with Crippen LogP contribution < -0.4 is 0 Å². The smallest absolute Gasteiger partial charge is 0.306 e. The lowest BCUT2D eigenvalue weighted by Gasteiger charge is -2.42. The van der Waals surface area contributed by atoms with Crippen LogP contribution in [-0.4, -0.2) is 142 Å². The monoisotopic (exact) mass is 945 g/mol. The molecule has 2 saturated heterocycles. The fraction of sp³-hybridized carbons (Fsp3) is 0.904. The third kappa shape index (κ3) is 27.6. The summed E-state index contributed by atoms with van der Waals surface area (Å²) in [5.41, 5.74) is 0. The highest BCUT2D eigenvalue weighted by atomic mass is 16.7. The van der Waals surface area contributed by atoms with E-state index in [1.165, 1.54) is 109 Å². The lowest BCUT2D eigenvalue weighted by atomic mass is 9.98. The molecule has 0 spiro atoms. The summed E-state index contributed by atoms with van der Waals surface area (Å²) in [6, 6.07) is 0. The Morgan fingerprint density at radius 1 is 0.500 bits per heavy atom. The summed E-state index contributed by atoms with van der Waals surface area (Å²) in [6.07, 6.45) is 26.7. The standard InChI is InChI=1S/C52H96O14/c1-3-5-7-9-11-13-15-17-19-20-21-22-23-25-27-29-31-33-35-44(54)64-41(38-61-36-34-32-30-28-26-24-18-16-14-12-10-8-6-4-2)39-62-51-50(60)48(58)46(56)43(66-51)40-63-52-49(59)47(57)45(55)42(37-53)65-52/h8,10,14,16,41-43,45-53,55-60H,3-7,9,11-13,15,17-40H2,1-2H3/b10-8-,16-14-. The summed E-state index contributed by atoms with van der Waals surface area (Å²) in [7, 11) is 0. The normalized spacial score (nSPS) is 26.4. The Bertz CT molecular complexity index is 1190.